The molecule has 104 valence electrons. The van der Waals surface area contributed by atoms with Gasteiger partial charge in [-0.1, -0.05) is 18.2 Å². The van der Waals surface area contributed by atoms with Crippen LogP contribution < -0.4 is 0 Å². The van der Waals surface area contributed by atoms with Crippen LogP contribution in [0.15, 0.2) is 42.6 Å². The molecule has 0 bridgehead atoms. The topological polar surface area (TPSA) is 25.2 Å². The van der Waals surface area contributed by atoms with E-state index in [1.165, 1.54) is 5.56 Å². The molecule has 0 saturated heterocycles. The molecule has 1 aliphatic rings. The number of benzene rings is 1. The Balaban J connectivity index is 1.97. The van der Waals surface area contributed by atoms with Crippen molar-refractivity contribution in [3.05, 3.63) is 53.9 Å². The maximum Gasteiger partial charge on any atom is 0.271 e. The second kappa shape index (κ2) is 5.71. The van der Waals surface area contributed by atoms with Crippen molar-refractivity contribution < 1.29 is 4.79 Å². The van der Waals surface area contributed by atoms with E-state index in [0.717, 1.165) is 30.8 Å². The van der Waals surface area contributed by atoms with Crippen LogP contribution in [0.1, 0.15) is 28.9 Å². The van der Waals surface area contributed by atoms with Crippen LogP contribution in [0.4, 0.5) is 0 Å². The zero-order valence-electron chi connectivity index (χ0n) is 11.3. The van der Waals surface area contributed by atoms with E-state index in [4.69, 9.17) is 11.6 Å². The lowest BCUT2D eigenvalue weighted by molar-refractivity contribution is 0.0738. The van der Waals surface area contributed by atoms with Crippen molar-refractivity contribution in [3.8, 4) is 5.69 Å². The molecule has 0 spiro atoms. The Morgan fingerprint density at radius 2 is 1.95 bits per heavy atom. The number of rotatable bonds is 4. The molecule has 0 saturated carbocycles. The highest BCUT2D eigenvalue weighted by atomic mass is 35.5. The number of hydrogen-bond acceptors (Lipinski definition) is 1. The number of halogens is 1. The first-order valence-corrected chi connectivity index (χ1v) is 7.45. The summed E-state index contributed by atoms with van der Waals surface area (Å²) in [4.78, 5) is 14.6. The lowest BCUT2D eigenvalue weighted by Gasteiger charge is -2.20. The molecule has 1 aromatic heterocycles. The van der Waals surface area contributed by atoms with Crippen molar-refractivity contribution in [2.45, 2.75) is 19.4 Å². The summed E-state index contributed by atoms with van der Waals surface area (Å²) in [6, 6.07) is 12.0. The van der Waals surface area contributed by atoms with E-state index >= 15 is 0 Å². The van der Waals surface area contributed by atoms with Gasteiger partial charge in [0.2, 0.25) is 0 Å². The first-order chi connectivity index (χ1) is 9.81. The number of amides is 1. The summed E-state index contributed by atoms with van der Waals surface area (Å²) in [6.45, 7) is 1.42. The highest BCUT2D eigenvalue weighted by molar-refractivity contribution is 6.17. The summed E-state index contributed by atoms with van der Waals surface area (Å²) in [5, 5.41) is 0. The van der Waals surface area contributed by atoms with E-state index in [-0.39, 0.29) is 5.91 Å². The number of carbonyl (C=O) groups excluding carboxylic acids is 1. The highest BCUT2D eigenvalue weighted by Gasteiger charge is 2.24. The van der Waals surface area contributed by atoms with Crippen molar-refractivity contribution in [1.29, 1.82) is 0 Å². The van der Waals surface area contributed by atoms with Crippen LogP contribution in [0.2, 0.25) is 0 Å². The molecule has 1 aromatic carbocycles. The van der Waals surface area contributed by atoms with Crippen molar-refractivity contribution >= 4 is 17.5 Å². The van der Waals surface area contributed by atoms with Crippen molar-refractivity contribution in [2.75, 3.05) is 12.4 Å². The second-order valence-corrected chi connectivity index (χ2v) is 5.39. The number of alkyl halides is 1. The van der Waals surface area contributed by atoms with Crippen LogP contribution in [0, 0.1) is 0 Å². The molecule has 4 heteroatoms. The fraction of sp³-hybridized carbons (Fsp3) is 0.312. The third kappa shape index (κ3) is 2.34. The second-order valence-electron chi connectivity index (χ2n) is 5.01. The summed E-state index contributed by atoms with van der Waals surface area (Å²) < 4.78 is 1.99. The Hall–Kier alpha value is -1.74. The molecular weight excluding hydrogens is 272 g/mol. The largest absolute Gasteiger partial charge is 0.333 e. The SMILES string of the molecule is O=C1c2cccn2-c2ccccc2CN1CCCCCl. The first-order valence-electron chi connectivity index (χ1n) is 6.92. The van der Waals surface area contributed by atoms with Gasteiger partial charge in [0.1, 0.15) is 5.69 Å². The van der Waals surface area contributed by atoms with E-state index in [2.05, 4.69) is 12.1 Å². The van der Waals surface area contributed by atoms with Crippen LogP contribution in [0.5, 0.6) is 0 Å². The molecule has 1 aliphatic heterocycles. The molecule has 2 aromatic rings. The van der Waals surface area contributed by atoms with Crippen LogP contribution in [-0.2, 0) is 6.54 Å². The molecule has 20 heavy (non-hydrogen) atoms. The van der Waals surface area contributed by atoms with Gasteiger partial charge >= 0.3 is 0 Å². The molecule has 0 N–H and O–H groups in total. The Kier molecular flexibility index (Phi) is 3.79. The summed E-state index contributed by atoms with van der Waals surface area (Å²) in [5.74, 6) is 0.746. The van der Waals surface area contributed by atoms with Gasteiger partial charge in [0, 0.05) is 25.2 Å². The average molecular weight is 289 g/mol. The summed E-state index contributed by atoms with van der Waals surface area (Å²) in [7, 11) is 0. The number of nitrogens with zero attached hydrogens (tertiary/aromatic N) is 2. The lowest BCUT2D eigenvalue weighted by Crippen LogP contribution is -2.31. The van der Waals surface area contributed by atoms with Crippen molar-refractivity contribution in [2.24, 2.45) is 0 Å². The number of carbonyl (C=O) groups is 1. The Morgan fingerprint density at radius 3 is 2.80 bits per heavy atom. The number of fused-ring (bicyclic) bond motifs is 3. The normalized spacial score (nSPS) is 13.8. The van der Waals surface area contributed by atoms with Gasteiger partial charge in [-0.2, -0.15) is 0 Å². The molecular formula is C16H17ClN2O. The highest BCUT2D eigenvalue weighted by Crippen LogP contribution is 2.24. The molecule has 0 aliphatic carbocycles. The summed E-state index contributed by atoms with van der Waals surface area (Å²) in [5.41, 5.74) is 3.02. The molecule has 3 nitrogen and oxygen atoms in total. The third-order valence-corrected chi connectivity index (χ3v) is 3.95. The predicted octanol–water partition coefficient (Wildman–Crippen LogP) is 3.45. The minimum atomic E-state index is 0.0979. The fourth-order valence-corrected chi connectivity index (χ4v) is 2.85. The van der Waals surface area contributed by atoms with E-state index < -0.39 is 0 Å². The predicted molar refractivity (Wildman–Crippen MR) is 80.5 cm³/mol. The van der Waals surface area contributed by atoms with Gasteiger partial charge in [0.15, 0.2) is 0 Å². The van der Waals surface area contributed by atoms with Gasteiger partial charge in [-0.3, -0.25) is 4.79 Å². The monoisotopic (exact) mass is 288 g/mol. The van der Waals surface area contributed by atoms with Crippen molar-refractivity contribution in [3.63, 3.8) is 0 Å². The number of para-hydroxylation sites is 1. The van der Waals surface area contributed by atoms with E-state index in [1.807, 2.05) is 39.9 Å². The Labute approximate surface area is 123 Å². The third-order valence-electron chi connectivity index (χ3n) is 3.68. The quantitative estimate of drug-likeness (QED) is 0.625. The van der Waals surface area contributed by atoms with Gasteiger partial charge < -0.3 is 9.47 Å². The standard InChI is InChI=1S/C16H17ClN2O/c17-9-3-4-10-18-12-13-6-1-2-7-14(13)19-11-5-8-15(19)16(18)20/h1-2,5-8,11H,3-4,9-10,12H2. The minimum Gasteiger partial charge on any atom is -0.333 e. The van der Waals surface area contributed by atoms with Gasteiger partial charge in [0.25, 0.3) is 5.91 Å². The Bertz CT molecular complexity index is 620. The average Bonchev–Trinajstić information content (AvgIpc) is 2.91. The molecule has 2 heterocycles. The van der Waals surface area contributed by atoms with Crippen LogP contribution in [-0.4, -0.2) is 27.8 Å². The number of aromatic nitrogens is 1. The number of unbranched alkanes of at least 4 members (excludes halogenated alkanes) is 1. The van der Waals surface area contributed by atoms with Crippen LogP contribution >= 0.6 is 11.6 Å². The Morgan fingerprint density at radius 1 is 1.10 bits per heavy atom. The lowest BCUT2D eigenvalue weighted by atomic mass is 10.1. The van der Waals surface area contributed by atoms with Gasteiger partial charge in [0.05, 0.1) is 5.69 Å². The fourth-order valence-electron chi connectivity index (χ4n) is 2.66. The zero-order valence-corrected chi connectivity index (χ0v) is 12.0. The van der Waals surface area contributed by atoms with Gasteiger partial charge in [-0.05, 0) is 36.6 Å². The van der Waals surface area contributed by atoms with Gasteiger partial charge in [-0.15, -0.1) is 11.6 Å². The maximum absolute atomic E-state index is 12.6. The van der Waals surface area contributed by atoms with Gasteiger partial charge in [-0.25, -0.2) is 0 Å². The molecule has 3 rings (SSSR count). The molecule has 0 radical (unpaired) electrons. The molecule has 0 fully saturated rings. The molecule has 1 amide bonds. The van der Waals surface area contributed by atoms with Crippen LogP contribution in [0.25, 0.3) is 5.69 Å². The molecule has 0 unspecified atom stereocenters. The van der Waals surface area contributed by atoms with Crippen molar-refractivity contribution in [1.82, 2.24) is 9.47 Å². The van der Waals surface area contributed by atoms with Crippen LogP contribution in [0.3, 0.4) is 0 Å². The number of hydrogen-bond donors (Lipinski definition) is 0. The summed E-state index contributed by atoms with van der Waals surface area (Å²) >= 11 is 5.72. The first kappa shape index (κ1) is 13.3. The smallest absolute Gasteiger partial charge is 0.271 e. The molecule has 0 atom stereocenters. The minimum absolute atomic E-state index is 0.0979. The maximum atomic E-state index is 12.6. The van der Waals surface area contributed by atoms with E-state index in [1.54, 1.807) is 0 Å². The zero-order chi connectivity index (χ0) is 13.9. The summed E-state index contributed by atoms with van der Waals surface area (Å²) in [6.07, 6.45) is 3.83. The van der Waals surface area contributed by atoms with E-state index in [0.29, 0.717) is 12.4 Å². The van der Waals surface area contributed by atoms with E-state index in [9.17, 15) is 4.79 Å².